The Morgan fingerprint density at radius 1 is 1.05 bits per heavy atom. The van der Waals surface area contributed by atoms with Crippen LogP contribution in [0.2, 0.25) is 0 Å². The number of hydrogen-bond acceptors (Lipinski definition) is 2. The number of nitrogens with zero attached hydrogens (tertiary/aromatic N) is 1. The summed E-state index contributed by atoms with van der Waals surface area (Å²) in [6, 6.07) is 20.1. The topological polar surface area (TPSA) is 12.5 Å². The van der Waals surface area contributed by atoms with Crippen molar-refractivity contribution in [3.05, 3.63) is 60.2 Å². The second kappa shape index (κ2) is 6.69. The minimum absolute atomic E-state index is 0.875. The maximum Gasteiger partial charge on any atom is 0.0594 e. The van der Waals surface area contributed by atoms with Crippen molar-refractivity contribution < 1.29 is 4.74 Å². The smallest absolute Gasteiger partial charge is 0.0594 e. The molecule has 2 nitrogen and oxygen atoms in total. The van der Waals surface area contributed by atoms with Crippen LogP contribution in [-0.4, -0.2) is 37.7 Å². The first-order valence-electron chi connectivity index (χ1n) is 7.27. The summed E-state index contributed by atoms with van der Waals surface area (Å²) in [5, 5.41) is 0. The van der Waals surface area contributed by atoms with E-state index in [0.29, 0.717) is 0 Å². The van der Waals surface area contributed by atoms with E-state index in [2.05, 4.69) is 41.3 Å². The van der Waals surface area contributed by atoms with Crippen molar-refractivity contribution in [1.82, 2.24) is 4.90 Å². The zero-order chi connectivity index (χ0) is 13.6. The van der Waals surface area contributed by atoms with Gasteiger partial charge >= 0.3 is 0 Å². The predicted octanol–water partition coefficient (Wildman–Crippen LogP) is 3.03. The Kier molecular flexibility index (Phi) is 4.46. The lowest BCUT2D eigenvalue weighted by Gasteiger charge is -2.26. The van der Waals surface area contributed by atoms with Gasteiger partial charge in [0.05, 0.1) is 13.2 Å². The molecule has 0 saturated carbocycles. The second-order valence-electron chi connectivity index (χ2n) is 5.20. The van der Waals surface area contributed by atoms with E-state index in [-0.39, 0.29) is 0 Å². The van der Waals surface area contributed by atoms with Crippen LogP contribution in [0.3, 0.4) is 0 Å². The van der Waals surface area contributed by atoms with Crippen LogP contribution < -0.4 is 0 Å². The molecule has 0 bridgehead atoms. The first kappa shape index (κ1) is 13.3. The van der Waals surface area contributed by atoms with Crippen molar-refractivity contribution in [2.75, 3.05) is 32.8 Å². The molecule has 0 aromatic heterocycles. The third kappa shape index (κ3) is 3.47. The summed E-state index contributed by atoms with van der Waals surface area (Å²) in [5.74, 6) is 0. The van der Waals surface area contributed by atoms with Gasteiger partial charge in [-0.3, -0.25) is 4.90 Å². The molecular weight excluding hydrogens is 246 g/mol. The summed E-state index contributed by atoms with van der Waals surface area (Å²) in [4.78, 5) is 2.48. The van der Waals surface area contributed by atoms with Gasteiger partial charge in [-0.15, -0.1) is 0 Å². The molecule has 1 aliphatic heterocycles. The molecule has 1 radical (unpaired) electrons. The number of benzene rings is 2. The third-order valence-corrected chi connectivity index (χ3v) is 3.79. The fraction of sp³-hybridized carbons (Fsp3) is 0.333. The van der Waals surface area contributed by atoms with Gasteiger partial charge in [0.1, 0.15) is 0 Å². The summed E-state index contributed by atoms with van der Waals surface area (Å²) in [5.41, 5.74) is 3.92. The van der Waals surface area contributed by atoms with E-state index in [4.69, 9.17) is 4.74 Å². The predicted molar refractivity (Wildman–Crippen MR) is 81.7 cm³/mol. The van der Waals surface area contributed by atoms with E-state index in [1.807, 2.05) is 18.2 Å². The lowest BCUT2D eigenvalue weighted by atomic mass is 10.0. The molecule has 1 fully saturated rings. The van der Waals surface area contributed by atoms with Gasteiger partial charge in [-0.05, 0) is 35.2 Å². The van der Waals surface area contributed by atoms with Crippen LogP contribution in [0.5, 0.6) is 0 Å². The summed E-state index contributed by atoms with van der Waals surface area (Å²) >= 11 is 0. The molecule has 3 rings (SSSR count). The lowest BCUT2D eigenvalue weighted by molar-refractivity contribution is 0.0384. The highest BCUT2D eigenvalue weighted by Gasteiger charge is 2.09. The van der Waals surface area contributed by atoms with Gasteiger partial charge in [0.25, 0.3) is 0 Å². The van der Waals surface area contributed by atoms with Crippen molar-refractivity contribution in [3.8, 4) is 11.1 Å². The minimum Gasteiger partial charge on any atom is -0.379 e. The van der Waals surface area contributed by atoms with Crippen LogP contribution in [0, 0.1) is 6.07 Å². The van der Waals surface area contributed by atoms with Crippen molar-refractivity contribution in [2.45, 2.75) is 6.42 Å². The zero-order valence-electron chi connectivity index (χ0n) is 11.7. The second-order valence-corrected chi connectivity index (χ2v) is 5.20. The molecule has 20 heavy (non-hydrogen) atoms. The Bertz CT molecular complexity index is 532. The maximum atomic E-state index is 5.38. The molecule has 0 N–H and O–H groups in total. The van der Waals surface area contributed by atoms with Crippen molar-refractivity contribution in [2.24, 2.45) is 0 Å². The summed E-state index contributed by atoms with van der Waals surface area (Å²) in [6.07, 6.45) is 1.10. The van der Waals surface area contributed by atoms with E-state index in [1.165, 1.54) is 16.7 Å². The van der Waals surface area contributed by atoms with Crippen LogP contribution in [0.25, 0.3) is 11.1 Å². The average Bonchev–Trinajstić information content (AvgIpc) is 2.55. The largest absolute Gasteiger partial charge is 0.379 e. The summed E-state index contributed by atoms with van der Waals surface area (Å²) in [6.45, 7) is 4.99. The number of rotatable bonds is 4. The van der Waals surface area contributed by atoms with Gasteiger partial charge in [0, 0.05) is 19.6 Å². The fourth-order valence-electron chi connectivity index (χ4n) is 2.59. The first-order valence-corrected chi connectivity index (χ1v) is 7.27. The van der Waals surface area contributed by atoms with Gasteiger partial charge in [0.15, 0.2) is 0 Å². The Balaban J connectivity index is 1.65. The van der Waals surface area contributed by atoms with E-state index in [9.17, 15) is 0 Å². The fourth-order valence-corrected chi connectivity index (χ4v) is 2.59. The number of ether oxygens (including phenoxy) is 1. The quantitative estimate of drug-likeness (QED) is 0.843. The number of hydrogen-bond donors (Lipinski definition) is 0. The van der Waals surface area contributed by atoms with E-state index < -0.39 is 0 Å². The normalized spacial score (nSPS) is 16.2. The maximum absolute atomic E-state index is 5.38. The van der Waals surface area contributed by atoms with Gasteiger partial charge in [-0.25, -0.2) is 0 Å². The highest BCUT2D eigenvalue weighted by molar-refractivity contribution is 5.63. The zero-order valence-corrected chi connectivity index (χ0v) is 11.7. The molecule has 2 heteroatoms. The highest BCUT2D eigenvalue weighted by Crippen LogP contribution is 2.20. The summed E-state index contributed by atoms with van der Waals surface area (Å²) < 4.78 is 5.38. The van der Waals surface area contributed by atoms with E-state index in [1.54, 1.807) is 0 Å². The Hall–Kier alpha value is -1.64. The molecule has 0 amide bonds. The molecule has 0 aliphatic carbocycles. The molecule has 0 atom stereocenters. The van der Waals surface area contributed by atoms with Crippen molar-refractivity contribution in [3.63, 3.8) is 0 Å². The Morgan fingerprint density at radius 2 is 1.90 bits per heavy atom. The van der Waals surface area contributed by atoms with E-state index in [0.717, 1.165) is 39.3 Å². The van der Waals surface area contributed by atoms with Gasteiger partial charge in [-0.2, -0.15) is 0 Å². The Morgan fingerprint density at radius 3 is 2.70 bits per heavy atom. The Labute approximate surface area is 121 Å². The molecule has 1 heterocycles. The van der Waals surface area contributed by atoms with E-state index >= 15 is 0 Å². The molecule has 103 valence electrons. The third-order valence-electron chi connectivity index (χ3n) is 3.79. The highest BCUT2D eigenvalue weighted by atomic mass is 16.5. The molecule has 1 aliphatic rings. The SMILES string of the molecule is [c]1cccc(-c2cccc(CCN3CCOCC3)c2)c1. The molecule has 1 saturated heterocycles. The minimum atomic E-state index is 0.875. The molecule has 0 unspecified atom stereocenters. The molecular formula is C18H20NO. The van der Waals surface area contributed by atoms with Gasteiger partial charge in [-0.1, -0.05) is 42.5 Å². The van der Waals surface area contributed by atoms with Crippen LogP contribution >= 0.6 is 0 Å². The molecule has 2 aromatic carbocycles. The van der Waals surface area contributed by atoms with Crippen molar-refractivity contribution >= 4 is 0 Å². The average molecular weight is 266 g/mol. The van der Waals surface area contributed by atoms with Crippen molar-refractivity contribution in [1.29, 1.82) is 0 Å². The van der Waals surface area contributed by atoms with Gasteiger partial charge < -0.3 is 4.74 Å². The molecule has 0 spiro atoms. The van der Waals surface area contributed by atoms with Crippen LogP contribution in [-0.2, 0) is 11.2 Å². The van der Waals surface area contributed by atoms with Crippen LogP contribution in [0.15, 0.2) is 48.5 Å². The first-order chi connectivity index (χ1) is 9.92. The van der Waals surface area contributed by atoms with Gasteiger partial charge in [0.2, 0.25) is 0 Å². The van der Waals surface area contributed by atoms with Crippen LogP contribution in [0.4, 0.5) is 0 Å². The standard InChI is InChI=1S/C18H20NO/c1-2-6-17(7-3-1)18-8-4-5-16(15-18)9-10-19-11-13-20-14-12-19/h1-2,4-8,15H,9-14H2. The molecule has 2 aromatic rings. The monoisotopic (exact) mass is 266 g/mol. The van der Waals surface area contributed by atoms with Crippen LogP contribution in [0.1, 0.15) is 5.56 Å². The lowest BCUT2D eigenvalue weighted by Crippen LogP contribution is -2.37. The summed E-state index contributed by atoms with van der Waals surface area (Å²) in [7, 11) is 0. The number of morpholine rings is 1.